The summed E-state index contributed by atoms with van der Waals surface area (Å²) in [4.78, 5) is 38.8. The number of rotatable bonds is 5. The van der Waals surface area contributed by atoms with Gasteiger partial charge in [0.15, 0.2) is 0 Å². The Bertz CT molecular complexity index is 1000. The number of benzene rings is 1. The highest BCUT2D eigenvalue weighted by molar-refractivity contribution is 6.15. The average Bonchev–Trinajstić information content (AvgIpc) is 3.11. The van der Waals surface area contributed by atoms with Crippen LogP contribution in [0.5, 0.6) is 0 Å². The smallest absolute Gasteiger partial charge is 0.329 e. The molecule has 1 N–H and O–H groups in total. The van der Waals surface area contributed by atoms with Gasteiger partial charge in [-0.25, -0.2) is 9.69 Å². The number of ether oxygens (including phenoxy) is 1. The van der Waals surface area contributed by atoms with E-state index in [4.69, 9.17) is 0 Å². The summed E-state index contributed by atoms with van der Waals surface area (Å²) in [6.45, 7) is 3.51. The van der Waals surface area contributed by atoms with Crippen LogP contribution in [0.25, 0.3) is 11.8 Å². The second-order valence-electron chi connectivity index (χ2n) is 7.03. The fourth-order valence-corrected chi connectivity index (χ4v) is 3.30. The van der Waals surface area contributed by atoms with E-state index in [0.29, 0.717) is 0 Å². The van der Waals surface area contributed by atoms with E-state index >= 15 is 0 Å². The molecule has 0 unspecified atom stereocenters. The molecule has 1 aromatic heterocycles. The van der Waals surface area contributed by atoms with E-state index in [0.717, 1.165) is 33.2 Å². The molecule has 0 atom stereocenters. The lowest BCUT2D eigenvalue weighted by atomic mass is 10.2. The normalized spacial score (nSPS) is 15.1. The van der Waals surface area contributed by atoms with Crippen LogP contribution in [0.3, 0.4) is 0 Å². The molecular weight excluding hydrogens is 372 g/mol. The van der Waals surface area contributed by atoms with E-state index in [1.54, 1.807) is 6.08 Å². The molecule has 29 heavy (non-hydrogen) atoms. The maximum atomic E-state index is 12.5. The predicted molar refractivity (Wildman–Crippen MR) is 110 cm³/mol. The van der Waals surface area contributed by atoms with Gasteiger partial charge in [-0.05, 0) is 55.8 Å². The van der Waals surface area contributed by atoms with Gasteiger partial charge in [0.25, 0.3) is 5.91 Å². The molecular formula is C21H24N4O4. The summed E-state index contributed by atoms with van der Waals surface area (Å²) in [5, 5.41) is 2.52. The summed E-state index contributed by atoms with van der Waals surface area (Å²) in [5.74, 6) is -1.21. The van der Waals surface area contributed by atoms with Gasteiger partial charge < -0.3 is 19.5 Å². The second-order valence-corrected chi connectivity index (χ2v) is 7.03. The number of imide groups is 1. The Kier molecular flexibility index (Phi) is 5.45. The van der Waals surface area contributed by atoms with Crippen LogP contribution in [0, 0.1) is 13.8 Å². The van der Waals surface area contributed by atoms with Gasteiger partial charge >= 0.3 is 12.0 Å². The Hall–Kier alpha value is -3.55. The lowest BCUT2D eigenvalue weighted by molar-refractivity contribution is -0.143. The molecule has 0 radical (unpaired) electrons. The first-order valence-corrected chi connectivity index (χ1v) is 9.11. The van der Waals surface area contributed by atoms with Gasteiger partial charge in [0.1, 0.15) is 12.2 Å². The van der Waals surface area contributed by atoms with Crippen molar-refractivity contribution in [3.8, 4) is 5.69 Å². The Morgan fingerprint density at radius 2 is 1.83 bits per heavy atom. The highest BCUT2D eigenvalue weighted by atomic mass is 16.5. The van der Waals surface area contributed by atoms with Crippen LogP contribution in [0.2, 0.25) is 0 Å². The van der Waals surface area contributed by atoms with Crippen molar-refractivity contribution in [3.05, 3.63) is 53.0 Å². The standard InChI is InChI=1S/C21H24N4O4/c1-13-10-15(11-18-20(27)24(21(28)22-18)12-19(26)29-5)14(2)25(13)17-8-6-16(7-9-17)23(3)4/h6-11H,12H2,1-5H3,(H,22,28)/b18-11+. The molecule has 0 aliphatic carbocycles. The number of aromatic nitrogens is 1. The molecule has 3 amide bonds. The number of carbonyl (C=O) groups excluding carboxylic acids is 3. The number of amides is 3. The first-order valence-electron chi connectivity index (χ1n) is 9.11. The number of aryl methyl sites for hydroxylation is 1. The van der Waals surface area contributed by atoms with Crippen molar-refractivity contribution in [2.45, 2.75) is 13.8 Å². The molecule has 0 saturated carbocycles. The van der Waals surface area contributed by atoms with E-state index in [9.17, 15) is 14.4 Å². The highest BCUT2D eigenvalue weighted by Gasteiger charge is 2.35. The van der Waals surface area contributed by atoms with Crippen molar-refractivity contribution in [3.63, 3.8) is 0 Å². The summed E-state index contributed by atoms with van der Waals surface area (Å²) in [7, 11) is 5.18. The summed E-state index contributed by atoms with van der Waals surface area (Å²) >= 11 is 0. The number of anilines is 1. The zero-order valence-electron chi connectivity index (χ0n) is 17.1. The van der Waals surface area contributed by atoms with Crippen molar-refractivity contribution < 1.29 is 19.1 Å². The molecule has 0 spiro atoms. The van der Waals surface area contributed by atoms with Gasteiger partial charge in [0, 0.05) is 36.9 Å². The molecule has 152 valence electrons. The fourth-order valence-electron chi connectivity index (χ4n) is 3.30. The van der Waals surface area contributed by atoms with Gasteiger partial charge in [-0.3, -0.25) is 9.59 Å². The van der Waals surface area contributed by atoms with Crippen molar-refractivity contribution >= 4 is 29.7 Å². The first-order chi connectivity index (χ1) is 13.7. The zero-order valence-corrected chi connectivity index (χ0v) is 17.1. The van der Waals surface area contributed by atoms with Gasteiger partial charge in [-0.1, -0.05) is 0 Å². The van der Waals surface area contributed by atoms with Gasteiger partial charge in [0.2, 0.25) is 0 Å². The molecule has 2 aromatic rings. The van der Waals surface area contributed by atoms with Crippen LogP contribution in [0.1, 0.15) is 17.0 Å². The minimum atomic E-state index is -0.658. The Labute approximate surface area is 169 Å². The number of esters is 1. The van der Waals surface area contributed by atoms with Crippen molar-refractivity contribution in [2.75, 3.05) is 32.6 Å². The quantitative estimate of drug-likeness (QED) is 0.476. The lowest BCUT2D eigenvalue weighted by Gasteiger charge is -2.14. The summed E-state index contributed by atoms with van der Waals surface area (Å²) in [6, 6.07) is 9.46. The van der Waals surface area contributed by atoms with Crippen LogP contribution in [0.4, 0.5) is 10.5 Å². The average molecular weight is 396 g/mol. The molecule has 0 bridgehead atoms. The summed E-state index contributed by atoms with van der Waals surface area (Å²) < 4.78 is 6.62. The summed E-state index contributed by atoms with van der Waals surface area (Å²) in [6.07, 6.45) is 1.63. The van der Waals surface area contributed by atoms with Crippen LogP contribution < -0.4 is 10.2 Å². The topological polar surface area (TPSA) is 83.9 Å². The molecule has 2 heterocycles. The van der Waals surface area contributed by atoms with Gasteiger partial charge in [0.05, 0.1) is 7.11 Å². The number of hydrogen-bond donors (Lipinski definition) is 1. The third-order valence-electron chi connectivity index (χ3n) is 4.87. The largest absolute Gasteiger partial charge is 0.468 e. The fraction of sp³-hybridized carbons (Fsp3) is 0.286. The van der Waals surface area contributed by atoms with Crippen LogP contribution >= 0.6 is 0 Å². The lowest BCUT2D eigenvalue weighted by Crippen LogP contribution is -2.36. The molecule has 8 heteroatoms. The number of nitrogens with one attached hydrogen (secondary N) is 1. The van der Waals surface area contributed by atoms with Crippen molar-refractivity contribution in [1.82, 2.24) is 14.8 Å². The Balaban J connectivity index is 1.91. The molecule has 1 aliphatic heterocycles. The van der Waals surface area contributed by atoms with E-state index in [2.05, 4.69) is 14.6 Å². The zero-order chi connectivity index (χ0) is 21.3. The van der Waals surface area contributed by atoms with Crippen LogP contribution in [-0.4, -0.2) is 55.1 Å². The third kappa shape index (κ3) is 3.87. The molecule has 1 saturated heterocycles. The van der Waals surface area contributed by atoms with E-state index in [1.165, 1.54) is 7.11 Å². The van der Waals surface area contributed by atoms with Crippen LogP contribution in [0.15, 0.2) is 36.0 Å². The molecule has 1 fully saturated rings. The first kappa shape index (κ1) is 20.2. The SMILES string of the molecule is COC(=O)CN1C(=O)N/C(=C/c2cc(C)n(-c3ccc(N(C)C)cc3)c2C)C1=O. The van der Waals surface area contributed by atoms with Crippen molar-refractivity contribution in [1.29, 1.82) is 0 Å². The number of urea groups is 1. The number of nitrogens with zero attached hydrogens (tertiary/aromatic N) is 3. The van der Waals surface area contributed by atoms with E-state index < -0.39 is 24.5 Å². The maximum Gasteiger partial charge on any atom is 0.329 e. The summed E-state index contributed by atoms with van der Waals surface area (Å²) in [5.41, 5.74) is 4.97. The second kappa shape index (κ2) is 7.83. The molecule has 1 aromatic carbocycles. The Morgan fingerprint density at radius 1 is 1.17 bits per heavy atom. The van der Waals surface area contributed by atoms with Crippen LogP contribution in [-0.2, 0) is 14.3 Å². The molecule has 8 nitrogen and oxygen atoms in total. The third-order valence-corrected chi connectivity index (χ3v) is 4.87. The minimum Gasteiger partial charge on any atom is -0.468 e. The van der Waals surface area contributed by atoms with Gasteiger partial charge in [-0.2, -0.15) is 0 Å². The number of methoxy groups -OCH3 is 1. The predicted octanol–water partition coefficient (Wildman–Crippen LogP) is 2.23. The van der Waals surface area contributed by atoms with Gasteiger partial charge in [-0.15, -0.1) is 0 Å². The number of carbonyl (C=O) groups is 3. The molecule has 1 aliphatic rings. The number of hydrogen-bond acceptors (Lipinski definition) is 5. The minimum absolute atomic E-state index is 0.127. The Morgan fingerprint density at radius 3 is 2.41 bits per heavy atom. The molecule has 3 rings (SSSR count). The van der Waals surface area contributed by atoms with Crippen molar-refractivity contribution in [2.24, 2.45) is 0 Å². The van der Waals surface area contributed by atoms with E-state index in [1.807, 2.05) is 63.2 Å². The van der Waals surface area contributed by atoms with E-state index in [-0.39, 0.29) is 5.70 Å². The highest BCUT2D eigenvalue weighted by Crippen LogP contribution is 2.25. The monoisotopic (exact) mass is 396 g/mol. The maximum absolute atomic E-state index is 12.5.